The van der Waals surface area contributed by atoms with Crippen LogP contribution in [0.4, 0.5) is 0 Å². The minimum Gasteiger partial charge on any atom is -0.0836 e. The third-order valence-electron chi connectivity index (χ3n) is 12.0. The van der Waals surface area contributed by atoms with E-state index < -0.39 is 0 Å². The number of hydrogen-bond acceptors (Lipinski definition) is 0. The third-order valence-corrected chi connectivity index (χ3v) is 12.0. The largest absolute Gasteiger partial charge is 0.0836 e. The highest BCUT2D eigenvalue weighted by atomic mass is 14.3. The Kier molecular flexibility index (Phi) is 7.23. The average molecular weight is 687 g/mol. The lowest BCUT2D eigenvalue weighted by Crippen LogP contribution is -2.07. The molecule has 0 bridgehead atoms. The molecule has 1 unspecified atom stereocenters. The average Bonchev–Trinajstić information content (AvgIpc) is 3.24. The van der Waals surface area contributed by atoms with Gasteiger partial charge in [-0.15, -0.1) is 0 Å². The highest BCUT2D eigenvalue weighted by molar-refractivity contribution is 6.24. The molecule has 2 aliphatic rings. The zero-order chi connectivity index (χ0) is 35.6. The maximum Gasteiger partial charge on any atom is 0.00621 e. The van der Waals surface area contributed by atoms with Crippen LogP contribution in [0, 0.1) is 0 Å². The van der Waals surface area contributed by atoms with Gasteiger partial charge in [-0.2, -0.15) is 0 Å². The van der Waals surface area contributed by atoms with Gasteiger partial charge < -0.3 is 0 Å². The lowest BCUT2D eigenvalue weighted by molar-refractivity contribution is 0.824. The second-order valence-electron chi connectivity index (χ2n) is 15.1. The van der Waals surface area contributed by atoms with Crippen LogP contribution in [0.2, 0.25) is 0 Å². The van der Waals surface area contributed by atoms with Crippen molar-refractivity contribution in [2.75, 3.05) is 0 Å². The number of aryl methyl sites for hydroxylation is 1. The predicted octanol–water partition coefficient (Wildman–Crippen LogP) is 14.6. The van der Waals surface area contributed by atoms with Crippen molar-refractivity contribution in [1.82, 2.24) is 0 Å². The SMILES string of the molecule is C1=Cc2cc(C3C=Cc4ccc(-c5c6ccccc6c(-c6cccc7c(-c8ccc9ccccc9c8)cccc67)c6ccccc56)cc4C3)ccc2CC1. The molecule has 1 atom stereocenters. The Balaban J connectivity index is 1.07. The zero-order valence-corrected chi connectivity index (χ0v) is 30.1. The summed E-state index contributed by atoms with van der Waals surface area (Å²) < 4.78 is 0. The van der Waals surface area contributed by atoms with Crippen molar-refractivity contribution in [3.8, 4) is 33.4 Å². The van der Waals surface area contributed by atoms with Crippen LogP contribution in [0.3, 0.4) is 0 Å². The third kappa shape index (κ3) is 5.06. The first-order valence-electron chi connectivity index (χ1n) is 19.3. The summed E-state index contributed by atoms with van der Waals surface area (Å²) >= 11 is 0. The Labute approximate surface area is 316 Å². The number of hydrogen-bond donors (Lipinski definition) is 0. The summed E-state index contributed by atoms with van der Waals surface area (Å²) in [6.45, 7) is 0. The van der Waals surface area contributed by atoms with E-state index >= 15 is 0 Å². The van der Waals surface area contributed by atoms with E-state index in [-0.39, 0.29) is 0 Å². The van der Waals surface area contributed by atoms with Gasteiger partial charge in [0.05, 0.1) is 0 Å². The predicted molar refractivity (Wildman–Crippen MR) is 232 cm³/mol. The van der Waals surface area contributed by atoms with Gasteiger partial charge in [0.15, 0.2) is 0 Å². The topological polar surface area (TPSA) is 0 Å². The zero-order valence-electron chi connectivity index (χ0n) is 30.1. The van der Waals surface area contributed by atoms with Gasteiger partial charge in [-0.25, -0.2) is 0 Å². The number of benzene rings is 9. The quantitative estimate of drug-likeness (QED) is 0.162. The normalized spacial score (nSPS) is 14.9. The first kappa shape index (κ1) is 31.1. The summed E-state index contributed by atoms with van der Waals surface area (Å²) in [5.74, 6) is 0.370. The van der Waals surface area contributed by atoms with Crippen LogP contribution in [0.1, 0.15) is 40.2 Å². The van der Waals surface area contributed by atoms with E-state index in [4.69, 9.17) is 0 Å². The second kappa shape index (κ2) is 12.6. The molecule has 0 saturated heterocycles. The molecule has 0 fully saturated rings. The lowest BCUT2D eigenvalue weighted by Gasteiger charge is -2.23. The summed E-state index contributed by atoms with van der Waals surface area (Å²) in [6.07, 6.45) is 12.7. The molecule has 54 heavy (non-hydrogen) atoms. The summed E-state index contributed by atoms with van der Waals surface area (Å²) in [5.41, 5.74) is 14.7. The Morgan fingerprint density at radius 3 is 1.87 bits per heavy atom. The summed E-state index contributed by atoms with van der Waals surface area (Å²) in [5, 5.41) is 10.2. The second-order valence-corrected chi connectivity index (χ2v) is 15.1. The van der Waals surface area contributed by atoms with E-state index in [0.717, 1.165) is 19.3 Å². The van der Waals surface area contributed by atoms with Gasteiger partial charge in [0.2, 0.25) is 0 Å². The van der Waals surface area contributed by atoms with Crippen LogP contribution in [0.5, 0.6) is 0 Å². The van der Waals surface area contributed by atoms with Crippen molar-refractivity contribution in [3.05, 3.63) is 204 Å². The number of allylic oxidation sites excluding steroid dienone is 2. The Hall–Kier alpha value is -6.50. The van der Waals surface area contributed by atoms with Gasteiger partial charge in [0.25, 0.3) is 0 Å². The molecular formula is C54H38. The fourth-order valence-electron chi connectivity index (χ4n) is 9.40. The van der Waals surface area contributed by atoms with Crippen molar-refractivity contribution in [2.45, 2.75) is 25.2 Å². The number of fused-ring (bicyclic) bond motifs is 6. The van der Waals surface area contributed by atoms with Crippen LogP contribution < -0.4 is 0 Å². The smallest absolute Gasteiger partial charge is 0.00621 e. The van der Waals surface area contributed by atoms with Gasteiger partial charge in [-0.05, 0) is 130 Å². The van der Waals surface area contributed by atoms with Crippen LogP contribution in [-0.4, -0.2) is 0 Å². The van der Waals surface area contributed by atoms with E-state index in [1.807, 2.05) is 0 Å². The maximum atomic E-state index is 2.48. The monoisotopic (exact) mass is 686 g/mol. The Morgan fingerprint density at radius 2 is 1.07 bits per heavy atom. The minimum atomic E-state index is 0.370. The van der Waals surface area contributed by atoms with E-state index in [2.05, 4.69) is 188 Å². The molecule has 0 spiro atoms. The van der Waals surface area contributed by atoms with E-state index in [1.165, 1.54) is 104 Å². The number of rotatable bonds is 4. The molecule has 254 valence electrons. The van der Waals surface area contributed by atoms with Crippen molar-refractivity contribution in [1.29, 1.82) is 0 Å². The van der Waals surface area contributed by atoms with Gasteiger partial charge in [0, 0.05) is 5.92 Å². The standard InChI is InChI=1S/C54H38/c1-3-13-38-31-40(27-23-35(38)11-1)41-28-24-37-26-30-43(34-44(37)33-41)53-49-15-5-7-17-51(49)54(52-18-8-6-16-50(52)53)48-22-10-20-46-45(19-9-21-47(46)48)42-29-25-36-12-2-4-14-39(36)32-42/h2-10,12-32,34,41H,1,11,33H2. The highest BCUT2D eigenvalue weighted by Crippen LogP contribution is 2.47. The highest BCUT2D eigenvalue weighted by Gasteiger charge is 2.22. The molecule has 0 aromatic heterocycles. The summed E-state index contributed by atoms with van der Waals surface area (Å²) in [4.78, 5) is 0. The van der Waals surface area contributed by atoms with Crippen molar-refractivity contribution in [3.63, 3.8) is 0 Å². The molecule has 9 aromatic carbocycles. The Morgan fingerprint density at radius 1 is 0.407 bits per heavy atom. The van der Waals surface area contributed by atoms with E-state index in [9.17, 15) is 0 Å². The van der Waals surface area contributed by atoms with Crippen LogP contribution >= 0.6 is 0 Å². The van der Waals surface area contributed by atoms with Gasteiger partial charge >= 0.3 is 0 Å². The maximum absolute atomic E-state index is 2.48. The summed E-state index contributed by atoms with van der Waals surface area (Å²) in [7, 11) is 0. The molecule has 9 aromatic rings. The molecule has 11 rings (SSSR count). The molecule has 0 amide bonds. The first-order valence-corrected chi connectivity index (χ1v) is 19.3. The van der Waals surface area contributed by atoms with Crippen LogP contribution in [0.15, 0.2) is 176 Å². The van der Waals surface area contributed by atoms with Crippen molar-refractivity contribution in [2.24, 2.45) is 0 Å². The molecule has 0 saturated carbocycles. The Bertz CT molecular complexity index is 2970. The molecule has 0 heteroatoms. The van der Waals surface area contributed by atoms with Crippen molar-refractivity contribution < 1.29 is 0 Å². The fraction of sp³-hybridized carbons (Fsp3) is 0.0741. The van der Waals surface area contributed by atoms with E-state index in [1.54, 1.807) is 0 Å². The molecule has 2 aliphatic carbocycles. The first-order chi connectivity index (χ1) is 26.8. The fourth-order valence-corrected chi connectivity index (χ4v) is 9.40. The molecule has 0 nitrogen and oxygen atoms in total. The lowest BCUT2D eigenvalue weighted by atomic mass is 9.81. The molecule has 0 radical (unpaired) electrons. The van der Waals surface area contributed by atoms with Gasteiger partial charge in [0.1, 0.15) is 0 Å². The van der Waals surface area contributed by atoms with Crippen molar-refractivity contribution >= 4 is 55.2 Å². The molecule has 0 N–H and O–H groups in total. The van der Waals surface area contributed by atoms with E-state index in [0.29, 0.717) is 5.92 Å². The van der Waals surface area contributed by atoms with Gasteiger partial charge in [-0.3, -0.25) is 0 Å². The van der Waals surface area contributed by atoms with Crippen LogP contribution in [0.25, 0.3) is 88.6 Å². The summed E-state index contributed by atoms with van der Waals surface area (Å²) in [6, 6.07) is 61.5. The van der Waals surface area contributed by atoms with Crippen LogP contribution in [-0.2, 0) is 12.8 Å². The minimum absolute atomic E-state index is 0.370. The molecular weight excluding hydrogens is 649 g/mol. The molecule has 0 aliphatic heterocycles. The molecule has 0 heterocycles. The van der Waals surface area contributed by atoms with Gasteiger partial charge in [-0.1, -0.05) is 182 Å².